The topological polar surface area (TPSA) is 75.3 Å². The number of carboxylic acid groups (broad SMARTS) is 1. The molecule has 4 nitrogen and oxygen atoms in total. The van der Waals surface area contributed by atoms with Gasteiger partial charge >= 0.3 is 5.97 Å². The molecule has 0 unspecified atom stereocenters. The van der Waals surface area contributed by atoms with Gasteiger partial charge in [-0.15, -0.1) is 0 Å². The second-order valence-electron chi connectivity index (χ2n) is 2.27. The van der Waals surface area contributed by atoms with E-state index in [1.165, 1.54) is 0 Å². The zero-order chi connectivity index (χ0) is 10.0. The average molecular weight is 205 g/mol. The van der Waals surface area contributed by atoms with Gasteiger partial charge < -0.3 is 10.5 Å². The number of halogens is 2. The van der Waals surface area contributed by atoms with Crippen LogP contribution in [0.4, 0.5) is 10.1 Å². The number of carboxylic acids is 1. The number of hydrazine groups is 1. The molecule has 6 heteroatoms. The lowest BCUT2D eigenvalue weighted by atomic mass is 10.2. The normalized spacial score (nSPS) is 9.77. The summed E-state index contributed by atoms with van der Waals surface area (Å²) in [7, 11) is 0. The third-order valence-corrected chi connectivity index (χ3v) is 1.81. The van der Waals surface area contributed by atoms with Gasteiger partial charge in [-0.25, -0.2) is 9.18 Å². The molecule has 70 valence electrons. The summed E-state index contributed by atoms with van der Waals surface area (Å²) in [5.74, 6) is 2.86. The van der Waals surface area contributed by atoms with Crippen LogP contribution in [0.15, 0.2) is 12.1 Å². The Hall–Kier alpha value is -1.33. The fourth-order valence-electron chi connectivity index (χ4n) is 0.828. The largest absolute Gasteiger partial charge is 0.478 e. The third kappa shape index (κ3) is 1.88. The molecule has 0 aliphatic rings. The van der Waals surface area contributed by atoms with Gasteiger partial charge in [0.1, 0.15) is 5.82 Å². The van der Waals surface area contributed by atoms with Gasteiger partial charge in [0.25, 0.3) is 0 Å². The van der Waals surface area contributed by atoms with Crippen molar-refractivity contribution in [3.8, 4) is 0 Å². The van der Waals surface area contributed by atoms with E-state index < -0.39 is 16.8 Å². The summed E-state index contributed by atoms with van der Waals surface area (Å²) in [6.07, 6.45) is 0. The van der Waals surface area contributed by atoms with Crippen LogP contribution in [-0.2, 0) is 0 Å². The summed E-state index contributed by atoms with van der Waals surface area (Å²) in [5, 5.41) is 8.17. The van der Waals surface area contributed by atoms with Crippen LogP contribution in [0.5, 0.6) is 0 Å². The lowest BCUT2D eigenvalue weighted by molar-refractivity contribution is 0.0696. The summed E-state index contributed by atoms with van der Waals surface area (Å²) < 4.78 is 12.9. The monoisotopic (exact) mass is 204 g/mol. The minimum atomic E-state index is -1.30. The van der Waals surface area contributed by atoms with Crippen molar-refractivity contribution >= 4 is 23.3 Å². The molecule has 0 bridgehead atoms. The lowest BCUT2D eigenvalue weighted by Gasteiger charge is -2.04. The molecule has 0 saturated heterocycles. The predicted octanol–water partition coefficient (Wildman–Crippen LogP) is 1.46. The van der Waals surface area contributed by atoms with E-state index in [1.807, 2.05) is 0 Å². The van der Waals surface area contributed by atoms with Gasteiger partial charge in [-0.2, -0.15) is 0 Å². The van der Waals surface area contributed by atoms with E-state index in [0.717, 1.165) is 12.1 Å². The summed E-state index contributed by atoms with van der Waals surface area (Å²) in [4.78, 5) is 10.5. The van der Waals surface area contributed by atoms with E-state index in [9.17, 15) is 9.18 Å². The zero-order valence-corrected chi connectivity index (χ0v) is 7.10. The van der Waals surface area contributed by atoms with E-state index in [-0.39, 0.29) is 11.3 Å². The number of aromatic carboxylic acids is 1. The molecule has 0 aliphatic carbocycles. The first-order valence-electron chi connectivity index (χ1n) is 3.25. The fourth-order valence-corrected chi connectivity index (χ4v) is 1.02. The number of rotatable bonds is 2. The van der Waals surface area contributed by atoms with Crippen LogP contribution >= 0.6 is 11.6 Å². The third-order valence-electron chi connectivity index (χ3n) is 1.43. The number of hydrogen-bond acceptors (Lipinski definition) is 3. The molecular weight excluding hydrogens is 199 g/mol. The van der Waals surface area contributed by atoms with Crippen molar-refractivity contribution in [1.29, 1.82) is 0 Å². The minimum Gasteiger partial charge on any atom is -0.478 e. The standard InChI is InChI=1S/C7H6ClFN2O2/c8-6-4(7(12)13)1-3(11-10)2-5(6)9/h1-2,11H,10H2,(H,12,13). The maximum atomic E-state index is 12.9. The molecule has 0 fully saturated rings. The first-order chi connectivity index (χ1) is 6.06. The molecule has 1 aromatic rings. The van der Waals surface area contributed by atoms with Crippen molar-refractivity contribution < 1.29 is 14.3 Å². The first-order valence-corrected chi connectivity index (χ1v) is 3.63. The van der Waals surface area contributed by atoms with Crippen molar-refractivity contribution in [3.05, 3.63) is 28.5 Å². The number of nitrogen functional groups attached to an aromatic ring is 1. The van der Waals surface area contributed by atoms with Gasteiger partial charge in [0, 0.05) is 0 Å². The van der Waals surface area contributed by atoms with Crippen LogP contribution in [0.25, 0.3) is 0 Å². The van der Waals surface area contributed by atoms with E-state index in [0.29, 0.717) is 0 Å². The van der Waals surface area contributed by atoms with Gasteiger partial charge in [0.15, 0.2) is 0 Å². The number of nitrogens with two attached hydrogens (primary N) is 1. The van der Waals surface area contributed by atoms with Crippen molar-refractivity contribution in [2.24, 2.45) is 5.84 Å². The fraction of sp³-hybridized carbons (Fsp3) is 0. The molecule has 13 heavy (non-hydrogen) atoms. The maximum Gasteiger partial charge on any atom is 0.337 e. The second kappa shape index (κ2) is 3.59. The molecule has 0 heterocycles. The lowest BCUT2D eigenvalue weighted by Crippen LogP contribution is -2.09. The van der Waals surface area contributed by atoms with Crippen LogP contribution < -0.4 is 11.3 Å². The van der Waals surface area contributed by atoms with Gasteiger partial charge in [-0.1, -0.05) is 11.6 Å². The van der Waals surface area contributed by atoms with Crippen LogP contribution in [0.1, 0.15) is 10.4 Å². The molecule has 1 rings (SSSR count). The SMILES string of the molecule is NNc1cc(F)c(Cl)c(C(=O)O)c1. The van der Waals surface area contributed by atoms with Crippen LogP contribution in [0, 0.1) is 5.82 Å². The van der Waals surface area contributed by atoms with Crippen LogP contribution in [-0.4, -0.2) is 11.1 Å². The Kier molecular flexibility index (Phi) is 2.69. The molecule has 0 radical (unpaired) electrons. The van der Waals surface area contributed by atoms with Crippen molar-refractivity contribution in [2.75, 3.05) is 5.43 Å². The predicted molar refractivity (Wildman–Crippen MR) is 46.2 cm³/mol. The number of benzene rings is 1. The zero-order valence-electron chi connectivity index (χ0n) is 6.34. The van der Waals surface area contributed by atoms with Crippen molar-refractivity contribution in [3.63, 3.8) is 0 Å². The Morgan fingerprint density at radius 3 is 2.69 bits per heavy atom. The molecule has 0 spiro atoms. The highest BCUT2D eigenvalue weighted by Gasteiger charge is 2.14. The van der Waals surface area contributed by atoms with Gasteiger partial charge in [0.2, 0.25) is 0 Å². The van der Waals surface area contributed by atoms with E-state index in [1.54, 1.807) is 0 Å². The van der Waals surface area contributed by atoms with E-state index in [2.05, 4.69) is 5.43 Å². The Balaban J connectivity index is 3.33. The van der Waals surface area contributed by atoms with Gasteiger partial charge in [-0.3, -0.25) is 5.84 Å². The van der Waals surface area contributed by atoms with Crippen LogP contribution in [0.2, 0.25) is 5.02 Å². The van der Waals surface area contributed by atoms with Gasteiger partial charge in [0.05, 0.1) is 16.3 Å². The Labute approximate surface area is 78.1 Å². The molecular formula is C7H6ClFN2O2. The summed E-state index contributed by atoms with van der Waals surface area (Å²) in [6, 6.07) is 2.16. The van der Waals surface area contributed by atoms with Crippen LogP contribution in [0.3, 0.4) is 0 Å². The molecule has 0 aliphatic heterocycles. The minimum absolute atomic E-state index is 0.152. The summed E-state index contributed by atoms with van der Waals surface area (Å²) in [6.45, 7) is 0. The van der Waals surface area contributed by atoms with Crippen molar-refractivity contribution in [1.82, 2.24) is 0 Å². The molecule has 0 atom stereocenters. The molecule has 1 aromatic carbocycles. The van der Waals surface area contributed by atoms with E-state index in [4.69, 9.17) is 22.6 Å². The average Bonchev–Trinajstić information content (AvgIpc) is 2.09. The Morgan fingerprint density at radius 1 is 1.62 bits per heavy atom. The Bertz CT molecular complexity index is 357. The van der Waals surface area contributed by atoms with E-state index >= 15 is 0 Å². The summed E-state index contributed by atoms with van der Waals surface area (Å²) >= 11 is 5.39. The molecule has 0 amide bonds. The highest BCUT2D eigenvalue weighted by Crippen LogP contribution is 2.23. The van der Waals surface area contributed by atoms with Crippen molar-refractivity contribution in [2.45, 2.75) is 0 Å². The molecule has 0 aromatic heterocycles. The second-order valence-corrected chi connectivity index (χ2v) is 2.65. The quantitative estimate of drug-likeness (QED) is 0.504. The number of anilines is 1. The molecule has 4 N–H and O–H groups in total. The number of nitrogens with one attached hydrogen (secondary N) is 1. The number of hydrogen-bond donors (Lipinski definition) is 3. The summed E-state index contributed by atoms with van der Waals surface area (Å²) in [5.41, 5.74) is 1.96. The van der Waals surface area contributed by atoms with Gasteiger partial charge in [-0.05, 0) is 12.1 Å². The maximum absolute atomic E-state index is 12.9. The smallest absolute Gasteiger partial charge is 0.337 e. The first kappa shape index (κ1) is 9.76. The molecule has 0 saturated carbocycles. The number of carbonyl (C=O) groups is 1. The Morgan fingerprint density at radius 2 is 2.23 bits per heavy atom. The highest BCUT2D eigenvalue weighted by molar-refractivity contribution is 6.33. The highest BCUT2D eigenvalue weighted by atomic mass is 35.5.